The van der Waals surface area contributed by atoms with Crippen molar-refractivity contribution in [3.63, 3.8) is 0 Å². The second-order valence-electron chi connectivity index (χ2n) is 4.11. The summed E-state index contributed by atoms with van der Waals surface area (Å²) in [5, 5.41) is 6.25. The molecule has 0 fully saturated rings. The highest BCUT2D eigenvalue weighted by Crippen LogP contribution is 2.24. The molecule has 1 aliphatic rings. The van der Waals surface area contributed by atoms with E-state index in [9.17, 15) is 4.79 Å². The van der Waals surface area contributed by atoms with Crippen LogP contribution < -0.4 is 10.6 Å². The molecule has 2 N–H and O–H groups in total. The fourth-order valence-electron chi connectivity index (χ4n) is 2.23. The highest BCUT2D eigenvalue weighted by molar-refractivity contribution is 5.76. The minimum absolute atomic E-state index is 0.122. The van der Waals surface area contributed by atoms with Crippen LogP contribution in [-0.2, 0) is 11.2 Å². The third-order valence-electron chi connectivity index (χ3n) is 2.98. The molecule has 1 atom stereocenters. The summed E-state index contributed by atoms with van der Waals surface area (Å²) in [4.78, 5) is 11.6. The van der Waals surface area contributed by atoms with Crippen molar-refractivity contribution < 1.29 is 4.79 Å². The zero-order valence-corrected chi connectivity index (χ0v) is 9.62. The molecule has 1 aliphatic heterocycles. The van der Waals surface area contributed by atoms with E-state index in [2.05, 4.69) is 28.8 Å². The highest BCUT2D eigenvalue weighted by atomic mass is 16.1. The zero-order chi connectivity index (χ0) is 11.4. The lowest BCUT2D eigenvalue weighted by molar-refractivity contribution is -0.121. The van der Waals surface area contributed by atoms with Crippen LogP contribution in [0.2, 0.25) is 0 Å². The van der Waals surface area contributed by atoms with Crippen molar-refractivity contribution in [3.8, 4) is 0 Å². The van der Waals surface area contributed by atoms with Gasteiger partial charge < -0.3 is 10.6 Å². The second kappa shape index (κ2) is 5.12. The summed E-state index contributed by atoms with van der Waals surface area (Å²) >= 11 is 0. The van der Waals surface area contributed by atoms with Gasteiger partial charge in [0.2, 0.25) is 5.91 Å². The van der Waals surface area contributed by atoms with E-state index in [0.29, 0.717) is 13.0 Å². The number of carbonyl (C=O) groups is 1. The summed E-state index contributed by atoms with van der Waals surface area (Å²) in [5.41, 5.74) is 2.65. The molecule has 2 rings (SSSR count). The maximum Gasteiger partial charge on any atom is 0.221 e. The lowest BCUT2D eigenvalue weighted by Gasteiger charge is -2.26. The molecule has 3 nitrogen and oxygen atoms in total. The highest BCUT2D eigenvalue weighted by Gasteiger charge is 2.21. The van der Waals surface area contributed by atoms with Crippen LogP contribution in [0.3, 0.4) is 0 Å². The molecule has 0 saturated carbocycles. The minimum Gasteiger partial charge on any atom is -0.356 e. The number of rotatable bonds is 3. The van der Waals surface area contributed by atoms with Gasteiger partial charge in [0.05, 0.1) is 0 Å². The van der Waals surface area contributed by atoms with Crippen LogP contribution in [-0.4, -0.2) is 19.0 Å². The molecule has 16 heavy (non-hydrogen) atoms. The van der Waals surface area contributed by atoms with Crippen LogP contribution in [0, 0.1) is 0 Å². The standard InChI is InChI=1S/C13H18N2O/c1-2-14-13(16)9-12-11-6-4-3-5-10(11)7-8-15-12/h3-6,12,15H,2,7-9H2,1H3,(H,14,16). The van der Waals surface area contributed by atoms with Crippen molar-refractivity contribution in [1.29, 1.82) is 0 Å². The SMILES string of the molecule is CCNC(=O)CC1NCCc2ccccc21. The van der Waals surface area contributed by atoms with Gasteiger partial charge in [0.1, 0.15) is 0 Å². The number of nitrogens with one attached hydrogen (secondary N) is 2. The Bertz CT molecular complexity index is 376. The first-order chi connectivity index (χ1) is 7.81. The Hall–Kier alpha value is -1.35. The lowest BCUT2D eigenvalue weighted by atomic mass is 9.92. The molecular formula is C13H18N2O. The van der Waals surface area contributed by atoms with Crippen molar-refractivity contribution in [3.05, 3.63) is 35.4 Å². The Morgan fingerprint density at radius 2 is 2.31 bits per heavy atom. The topological polar surface area (TPSA) is 41.1 Å². The normalized spacial score (nSPS) is 18.9. The Kier molecular flexibility index (Phi) is 3.57. The molecule has 1 amide bonds. The molecular weight excluding hydrogens is 200 g/mol. The molecule has 1 unspecified atom stereocenters. The van der Waals surface area contributed by atoms with E-state index in [1.165, 1.54) is 11.1 Å². The van der Waals surface area contributed by atoms with Gasteiger partial charge in [-0.1, -0.05) is 24.3 Å². The van der Waals surface area contributed by atoms with Crippen molar-refractivity contribution in [2.45, 2.75) is 25.8 Å². The fourth-order valence-corrected chi connectivity index (χ4v) is 2.23. The van der Waals surface area contributed by atoms with Crippen LogP contribution in [0.15, 0.2) is 24.3 Å². The molecule has 0 saturated heterocycles. The van der Waals surface area contributed by atoms with E-state index in [1.54, 1.807) is 0 Å². The summed E-state index contributed by atoms with van der Waals surface area (Å²) in [6.07, 6.45) is 1.59. The predicted octanol–water partition coefficient (Wildman–Crippen LogP) is 1.40. The molecule has 0 radical (unpaired) electrons. The third-order valence-corrected chi connectivity index (χ3v) is 2.98. The molecule has 0 aromatic heterocycles. The third kappa shape index (κ3) is 2.42. The van der Waals surface area contributed by atoms with Crippen LogP contribution >= 0.6 is 0 Å². The molecule has 0 bridgehead atoms. The van der Waals surface area contributed by atoms with Gasteiger partial charge in [-0.2, -0.15) is 0 Å². The van der Waals surface area contributed by atoms with E-state index in [4.69, 9.17) is 0 Å². The Balaban J connectivity index is 2.10. The Morgan fingerprint density at radius 1 is 1.50 bits per heavy atom. The van der Waals surface area contributed by atoms with Crippen LogP contribution in [0.4, 0.5) is 0 Å². The number of fused-ring (bicyclic) bond motifs is 1. The Labute approximate surface area is 96.2 Å². The zero-order valence-electron chi connectivity index (χ0n) is 9.62. The molecule has 3 heteroatoms. The van der Waals surface area contributed by atoms with Gasteiger partial charge >= 0.3 is 0 Å². The summed E-state index contributed by atoms with van der Waals surface area (Å²) in [7, 11) is 0. The summed E-state index contributed by atoms with van der Waals surface area (Å²) in [6, 6.07) is 8.55. The van der Waals surface area contributed by atoms with E-state index in [-0.39, 0.29) is 11.9 Å². The van der Waals surface area contributed by atoms with Gasteiger partial charge in [0, 0.05) is 19.0 Å². The van der Waals surface area contributed by atoms with Gasteiger partial charge in [-0.05, 0) is 31.0 Å². The van der Waals surface area contributed by atoms with Crippen molar-refractivity contribution in [2.75, 3.05) is 13.1 Å². The van der Waals surface area contributed by atoms with Crippen molar-refractivity contribution >= 4 is 5.91 Å². The van der Waals surface area contributed by atoms with Crippen LogP contribution in [0.1, 0.15) is 30.5 Å². The second-order valence-corrected chi connectivity index (χ2v) is 4.11. The predicted molar refractivity (Wildman–Crippen MR) is 64.2 cm³/mol. The van der Waals surface area contributed by atoms with Crippen LogP contribution in [0.25, 0.3) is 0 Å². The molecule has 86 valence electrons. The van der Waals surface area contributed by atoms with Gasteiger partial charge in [-0.15, -0.1) is 0 Å². The fraction of sp³-hybridized carbons (Fsp3) is 0.462. The summed E-state index contributed by atoms with van der Waals surface area (Å²) in [6.45, 7) is 3.61. The first-order valence-corrected chi connectivity index (χ1v) is 5.89. The summed E-state index contributed by atoms with van der Waals surface area (Å²) < 4.78 is 0. The minimum atomic E-state index is 0.122. The monoisotopic (exact) mass is 218 g/mol. The molecule has 1 aromatic carbocycles. The molecule has 0 aliphatic carbocycles. The molecule has 1 aromatic rings. The number of amides is 1. The first-order valence-electron chi connectivity index (χ1n) is 5.89. The smallest absolute Gasteiger partial charge is 0.221 e. The van der Waals surface area contributed by atoms with Gasteiger partial charge in [-0.25, -0.2) is 0 Å². The number of benzene rings is 1. The largest absolute Gasteiger partial charge is 0.356 e. The van der Waals surface area contributed by atoms with Gasteiger partial charge in [-0.3, -0.25) is 4.79 Å². The summed E-state index contributed by atoms with van der Waals surface area (Å²) in [5.74, 6) is 0.122. The van der Waals surface area contributed by atoms with Gasteiger partial charge in [0.15, 0.2) is 0 Å². The quantitative estimate of drug-likeness (QED) is 0.805. The first kappa shape index (κ1) is 11.1. The van der Waals surface area contributed by atoms with E-state index in [0.717, 1.165) is 13.0 Å². The van der Waals surface area contributed by atoms with Gasteiger partial charge in [0.25, 0.3) is 0 Å². The lowest BCUT2D eigenvalue weighted by Crippen LogP contribution is -2.34. The number of hydrogen-bond acceptors (Lipinski definition) is 2. The maximum absolute atomic E-state index is 11.6. The van der Waals surface area contributed by atoms with Crippen molar-refractivity contribution in [2.24, 2.45) is 0 Å². The molecule has 0 spiro atoms. The number of carbonyl (C=O) groups excluding carboxylic acids is 1. The van der Waals surface area contributed by atoms with Crippen molar-refractivity contribution in [1.82, 2.24) is 10.6 Å². The maximum atomic E-state index is 11.6. The molecule has 1 heterocycles. The van der Waals surface area contributed by atoms with E-state index < -0.39 is 0 Å². The van der Waals surface area contributed by atoms with Crippen LogP contribution in [0.5, 0.6) is 0 Å². The average Bonchev–Trinajstić information content (AvgIpc) is 2.30. The average molecular weight is 218 g/mol. The Morgan fingerprint density at radius 3 is 3.12 bits per heavy atom. The van der Waals surface area contributed by atoms with E-state index >= 15 is 0 Å². The number of hydrogen-bond donors (Lipinski definition) is 2. The van der Waals surface area contributed by atoms with E-state index in [1.807, 2.05) is 13.0 Å².